The number of hydrogen-bond acceptors (Lipinski definition) is 1. The lowest BCUT2D eigenvalue weighted by Crippen LogP contribution is -2.12. The minimum Gasteiger partial charge on any atom is -0.481 e. The first-order valence-corrected chi connectivity index (χ1v) is 5.60. The lowest BCUT2D eigenvalue weighted by Gasteiger charge is -2.15. The zero-order valence-corrected chi connectivity index (χ0v) is 8.91. The summed E-state index contributed by atoms with van der Waals surface area (Å²) in [6.07, 6.45) is 10.4. The SMILES string of the molecule is CCC=CCC1CCCC1CC(=O)O. The number of carboxylic acid groups (broad SMARTS) is 1. The fraction of sp³-hybridized carbons (Fsp3) is 0.750. The molecule has 0 amide bonds. The number of carbonyl (C=O) groups is 1. The highest BCUT2D eigenvalue weighted by Crippen LogP contribution is 2.36. The van der Waals surface area contributed by atoms with E-state index in [9.17, 15) is 4.79 Å². The lowest BCUT2D eigenvalue weighted by atomic mass is 9.90. The summed E-state index contributed by atoms with van der Waals surface area (Å²) in [6.45, 7) is 2.12. The maximum Gasteiger partial charge on any atom is 0.303 e. The van der Waals surface area contributed by atoms with Gasteiger partial charge in [-0.25, -0.2) is 0 Å². The molecule has 0 spiro atoms. The molecule has 2 atom stereocenters. The van der Waals surface area contributed by atoms with E-state index in [-0.39, 0.29) is 0 Å². The van der Waals surface area contributed by atoms with Crippen molar-refractivity contribution < 1.29 is 9.90 Å². The molecule has 2 unspecified atom stereocenters. The van der Waals surface area contributed by atoms with Crippen LogP contribution in [0, 0.1) is 11.8 Å². The van der Waals surface area contributed by atoms with Crippen molar-refractivity contribution in [1.82, 2.24) is 0 Å². The molecule has 1 N–H and O–H groups in total. The monoisotopic (exact) mass is 196 g/mol. The van der Waals surface area contributed by atoms with E-state index >= 15 is 0 Å². The quantitative estimate of drug-likeness (QED) is 0.685. The van der Waals surface area contributed by atoms with E-state index in [1.165, 1.54) is 12.8 Å². The van der Waals surface area contributed by atoms with Gasteiger partial charge >= 0.3 is 5.97 Å². The van der Waals surface area contributed by atoms with Crippen molar-refractivity contribution in [1.29, 1.82) is 0 Å². The summed E-state index contributed by atoms with van der Waals surface area (Å²) < 4.78 is 0. The molecule has 2 heteroatoms. The second kappa shape index (κ2) is 5.84. The molecule has 80 valence electrons. The predicted molar refractivity (Wildman–Crippen MR) is 57.1 cm³/mol. The molecule has 14 heavy (non-hydrogen) atoms. The maximum absolute atomic E-state index is 10.6. The van der Waals surface area contributed by atoms with Crippen LogP contribution in [0.2, 0.25) is 0 Å². The molecule has 0 aromatic heterocycles. The molecular weight excluding hydrogens is 176 g/mol. The van der Waals surface area contributed by atoms with Crippen LogP contribution in [0.5, 0.6) is 0 Å². The highest BCUT2D eigenvalue weighted by atomic mass is 16.4. The van der Waals surface area contributed by atoms with Gasteiger partial charge in [-0.3, -0.25) is 4.79 Å². The third kappa shape index (κ3) is 3.52. The van der Waals surface area contributed by atoms with Crippen LogP contribution in [0.1, 0.15) is 45.4 Å². The molecule has 0 saturated heterocycles. The second-order valence-electron chi connectivity index (χ2n) is 4.16. The van der Waals surface area contributed by atoms with Gasteiger partial charge in [-0.1, -0.05) is 25.5 Å². The van der Waals surface area contributed by atoms with E-state index < -0.39 is 5.97 Å². The first-order valence-electron chi connectivity index (χ1n) is 5.60. The third-order valence-electron chi connectivity index (χ3n) is 3.09. The summed E-state index contributed by atoms with van der Waals surface area (Å²) in [6, 6.07) is 0. The summed E-state index contributed by atoms with van der Waals surface area (Å²) in [4.78, 5) is 10.6. The number of rotatable bonds is 5. The van der Waals surface area contributed by atoms with Gasteiger partial charge < -0.3 is 5.11 Å². The Morgan fingerprint density at radius 1 is 1.36 bits per heavy atom. The van der Waals surface area contributed by atoms with Crippen molar-refractivity contribution in [2.24, 2.45) is 11.8 Å². The second-order valence-corrected chi connectivity index (χ2v) is 4.16. The van der Waals surface area contributed by atoms with E-state index in [1.807, 2.05) is 0 Å². The Morgan fingerprint density at radius 3 is 2.71 bits per heavy atom. The lowest BCUT2D eigenvalue weighted by molar-refractivity contribution is -0.138. The molecule has 2 nitrogen and oxygen atoms in total. The minimum atomic E-state index is -0.638. The van der Waals surface area contributed by atoms with Gasteiger partial charge in [0.05, 0.1) is 0 Å². The molecule has 0 aromatic carbocycles. The van der Waals surface area contributed by atoms with Crippen LogP contribution in [0.3, 0.4) is 0 Å². The van der Waals surface area contributed by atoms with Crippen LogP contribution in [-0.2, 0) is 4.79 Å². The van der Waals surface area contributed by atoms with E-state index in [4.69, 9.17) is 5.11 Å². The van der Waals surface area contributed by atoms with Gasteiger partial charge in [0.2, 0.25) is 0 Å². The minimum absolute atomic E-state index is 0.366. The van der Waals surface area contributed by atoms with Gasteiger partial charge in [-0.05, 0) is 37.5 Å². The Morgan fingerprint density at radius 2 is 2.07 bits per heavy atom. The van der Waals surface area contributed by atoms with Gasteiger partial charge in [0, 0.05) is 6.42 Å². The molecule has 1 fully saturated rings. The van der Waals surface area contributed by atoms with Crippen molar-refractivity contribution in [3.05, 3.63) is 12.2 Å². The zero-order valence-electron chi connectivity index (χ0n) is 8.91. The van der Waals surface area contributed by atoms with E-state index in [0.29, 0.717) is 18.3 Å². The van der Waals surface area contributed by atoms with E-state index in [1.54, 1.807) is 0 Å². The van der Waals surface area contributed by atoms with Crippen LogP contribution < -0.4 is 0 Å². The fourth-order valence-corrected chi connectivity index (χ4v) is 2.35. The smallest absolute Gasteiger partial charge is 0.303 e. The summed E-state index contributed by atoms with van der Waals surface area (Å²) in [5.41, 5.74) is 0. The molecule has 1 rings (SSSR count). The fourth-order valence-electron chi connectivity index (χ4n) is 2.35. The topological polar surface area (TPSA) is 37.3 Å². The first-order chi connectivity index (χ1) is 6.74. The highest BCUT2D eigenvalue weighted by molar-refractivity contribution is 5.67. The molecular formula is C12H20O2. The molecule has 1 saturated carbocycles. The molecule has 1 aliphatic carbocycles. The predicted octanol–water partition coefficient (Wildman–Crippen LogP) is 3.23. The summed E-state index contributed by atoms with van der Waals surface area (Å²) in [7, 11) is 0. The van der Waals surface area contributed by atoms with Crippen molar-refractivity contribution >= 4 is 5.97 Å². The molecule has 0 aromatic rings. The standard InChI is InChI=1S/C12H20O2/c1-2-3-4-6-10-7-5-8-11(10)9-12(13)14/h3-4,10-11H,2,5-9H2,1H3,(H,13,14). The molecule has 0 bridgehead atoms. The Bertz CT molecular complexity index is 208. The molecule has 0 radical (unpaired) electrons. The van der Waals surface area contributed by atoms with Crippen molar-refractivity contribution in [2.75, 3.05) is 0 Å². The van der Waals surface area contributed by atoms with Gasteiger partial charge in [0.1, 0.15) is 0 Å². The largest absolute Gasteiger partial charge is 0.481 e. The average Bonchev–Trinajstić information content (AvgIpc) is 2.52. The zero-order chi connectivity index (χ0) is 10.4. The van der Waals surface area contributed by atoms with Gasteiger partial charge in [-0.2, -0.15) is 0 Å². The van der Waals surface area contributed by atoms with Crippen molar-refractivity contribution in [3.63, 3.8) is 0 Å². The van der Waals surface area contributed by atoms with Crippen LogP contribution in [0.15, 0.2) is 12.2 Å². The maximum atomic E-state index is 10.6. The van der Waals surface area contributed by atoms with Gasteiger partial charge in [0.15, 0.2) is 0 Å². The highest BCUT2D eigenvalue weighted by Gasteiger charge is 2.27. The van der Waals surface area contributed by atoms with E-state index in [2.05, 4.69) is 19.1 Å². The van der Waals surface area contributed by atoms with Crippen LogP contribution >= 0.6 is 0 Å². The number of allylic oxidation sites excluding steroid dienone is 2. The van der Waals surface area contributed by atoms with Crippen molar-refractivity contribution in [2.45, 2.75) is 45.4 Å². The number of aliphatic carboxylic acids is 1. The Kier molecular flexibility index (Phi) is 4.71. The molecule has 0 heterocycles. The summed E-state index contributed by atoms with van der Waals surface area (Å²) in [5, 5.41) is 8.75. The Balaban J connectivity index is 2.35. The number of hydrogen-bond donors (Lipinski definition) is 1. The van der Waals surface area contributed by atoms with Crippen LogP contribution in [0.25, 0.3) is 0 Å². The van der Waals surface area contributed by atoms with E-state index in [0.717, 1.165) is 19.3 Å². The van der Waals surface area contributed by atoms with Crippen molar-refractivity contribution in [3.8, 4) is 0 Å². The summed E-state index contributed by atoms with van der Waals surface area (Å²) >= 11 is 0. The van der Waals surface area contributed by atoms with Gasteiger partial charge in [-0.15, -0.1) is 0 Å². The van der Waals surface area contributed by atoms with Crippen LogP contribution in [-0.4, -0.2) is 11.1 Å². The Labute approximate surface area is 86.0 Å². The Hall–Kier alpha value is -0.790. The normalized spacial score (nSPS) is 27.2. The molecule has 0 aliphatic heterocycles. The van der Waals surface area contributed by atoms with Crippen LogP contribution in [0.4, 0.5) is 0 Å². The molecule has 1 aliphatic rings. The third-order valence-corrected chi connectivity index (χ3v) is 3.09. The first kappa shape index (κ1) is 11.3. The average molecular weight is 196 g/mol. The number of carboxylic acids is 1. The van der Waals surface area contributed by atoms with Gasteiger partial charge in [0.25, 0.3) is 0 Å². The summed E-state index contributed by atoms with van der Waals surface area (Å²) in [5.74, 6) is 0.407.